The van der Waals surface area contributed by atoms with E-state index in [4.69, 9.17) is 4.74 Å². The van der Waals surface area contributed by atoms with Crippen LogP contribution in [0.3, 0.4) is 0 Å². The molecule has 110 valence electrons. The van der Waals surface area contributed by atoms with Gasteiger partial charge in [0, 0.05) is 10.4 Å². The molecule has 1 amide bonds. The van der Waals surface area contributed by atoms with Crippen LogP contribution in [0.5, 0.6) is 5.75 Å². The fourth-order valence-electron chi connectivity index (χ4n) is 1.73. The Bertz CT molecular complexity index is 657. The highest BCUT2D eigenvalue weighted by Gasteiger charge is 2.24. The number of halogens is 1. The first-order chi connectivity index (χ1) is 10.0. The second kappa shape index (κ2) is 6.36. The molecule has 0 aliphatic carbocycles. The quantitative estimate of drug-likeness (QED) is 0.889. The van der Waals surface area contributed by atoms with Crippen molar-refractivity contribution in [3.8, 4) is 5.75 Å². The molecular weight excluding hydrogens is 297 g/mol. The van der Waals surface area contributed by atoms with Gasteiger partial charge in [-0.3, -0.25) is 4.79 Å². The van der Waals surface area contributed by atoms with Crippen LogP contribution in [0.2, 0.25) is 0 Å². The smallest absolute Gasteiger partial charge is 0.331 e. The third-order valence-corrected chi connectivity index (χ3v) is 3.70. The Balaban J connectivity index is 2.20. The summed E-state index contributed by atoms with van der Waals surface area (Å²) in [6.45, 7) is 0. The number of carboxylic acid groups (broad SMARTS) is 1. The van der Waals surface area contributed by atoms with Gasteiger partial charge in [0.05, 0.1) is 7.11 Å². The molecule has 0 saturated heterocycles. The molecule has 1 unspecified atom stereocenters. The Kier molecular flexibility index (Phi) is 4.54. The topological polar surface area (TPSA) is 75.6 Å². The van der Waals surface area contributed by atoms with Crippen LogP contribution in [0, 0.1) is 5.82 Å². The number of carbonyl (C=O) groups is 2. The molecule has 2 N–H and O–H groups in total. The molecule has 0 aliphatic rings. The molecule has 0 saturated carbocycles. The van der Waals surface area contributed by atoms with Crippen molar-refractivity contribution in [2.75, 3.05) is 7.11 Å². The number of ether oxygens (including phenoxy) is 1. The van der Waals surface area contributed by atoms with Gasteiger partial charge in [0.2, 0.25) is 0 Å². The maximum atomic E-state index is 13.6. The van der Waals surface area contributed by atoms with E-state index in [1.807, 2.05) is 0 Å². The zero-order chi connectivity index (χ0) is 15.4. The Hall–Kier alpha value is -2.41. The number of aliphatic carboxylic acids is 1. The van der Waals surface area contributed by atoms with Crippen molar-refractivity contribution in [2.45, 2.75) is 6.04 Å². The van der Waals surface area contributed by atoms with Gasteiger partial charge in [-0.1, -0.05) is 6.07 Å². The van der Waals surface area contributed by atoms with Gasteiger partial charge in [-0.2, -0.15) is 0 Å². The summed E-state index contributed by atoms with van der Waals surface area (Å²) in [5.74, 6) is -2.52. The lowest BCUT2D eigenvalue weighted by Crippen LogP contribution is -2.33. The molecule has 1 heterocycles. The van der Waals surface area contributed by atoms with Crippen LogP contribution in [0.15, 0.2) is 35.7 Å². The van der Waals surface area contributed by atoms with Gasteiger partial charge in [0.1, 0.15) is 0 Å². The standard InChI is InChI=1S/C14H12FNO4S/c1-20-10-5-4-8(7-9(10)15)13(17)16-12(14(18)19)11-3-2-6-21-11/h2-7,12H,1H3,(H,16,17)(H,18,19). The third-order valence-electron chi connectivity index (χ3n) is 2.76. The fourth-order valence-corrected chi connectivity index (χ4v) is 2.50. The van der Waals surface area contributed by atoms with Gasteiger partial charge in [0.15, 0.2) is 17.6 Å². The van der Waals surface area contributed by atoms with Gasteiger partial charge in [-0.15, -0.1) is 11.3 Å². The minimum absolute atomic E-state index is 0.0135. The van der Waals surface area contributed by atoms with E-state index < -0.39 is 23.7 Å². The molecule has 0 aliphatic heterocycles. The summed E-state index contributed by atoms with van der Waals surface area (Å²) in [4.78, 5) is 23.7. The molecule has 0 fully saturated rings. The number of carbonyl (C=O) groups excluding carboxylic acids is 1. The fraction of sp³-hybridized carbons (Fsp3) is 0.143. The number of nitrogens with one attached hydrogen (secondary N) is 1. The van der Waals surface area contributed by atoms with Crippen molar-refractivity contribution in [3.63, 3.8) is 0 Å². The minimum Gasteiger partial charge on any atom is -0.494 e. The number of methoxy groups -OCH3 is 1. The first kappa shape index (κ1) is 15.0. The summed E-state index contributed by atoms with van der Waals surface area (Å²) in [5.41, 5.74) is 0.0242. The zero-order valence-corrected chi connectivity index (χ0v) is 11.8. The van der Waals surface area contributed by atoms with Crippen LogP contribution in [0.25, 0.3) is 0 Å². The first-order valence-corrected chi connectivity index (χ1v) is 6.81. The van der Waals surface area contributed by atoms with Crippen LogP contribution in [0.1, 0.15) is 21.3 Å². The lowest BCUT2D eigenvalue weighted by Gasteiger charge is -2.13. The van der Waals surface area contributed by atoms with Crippen molar-refractivity contribution in [1.82, 2.24) is 5.32 Å². The van der Waals surface area contributed by atoms with Crippen LogP contribution >= 0.6 is 11.3 Å². The Morgan fingerprint density at radius 1 is 1.38 bits per heavy atom. The highest BCUT2D eigenvalue weighted by atomic mass is 32.1. The number of hydrogen-bond donors (Lipinski definition) is 2. The summed E-state index contributed by atoms with van der Waals surface area (Å²) in [7, 11) is 1.31. The largest absolute Gasteiger partial charge is 0.494 e. The van der Waals surface area contributed by atoms with Crippen LogP contribution in [-0.2, 0) is 4.79 Å². The van der Waals surface area contributed by atoms with E-state index in [2.05, 4.69) is 5.32 Å². The monoisotopic (exact) mass is 309 g/mol. The number of amides is 1. The van der Waals surface area contributed by atoms with Gasteiger partial charge >= 0.3 is 5.97 Å². The second-order valence-corrected chi connectivity index (χ2v) is 5.09. The van der Waals surface area contributed by atoms with Gasteiger partial charge in [-0.05, 0) is 29.6 Å². The zero-order valence-electron chi connectivity index (χ0n) is 11.0. The average molecular weight is 309 g/mol. The highest BCUT2D eigenvalue weighted by molar-refractivity contribution is 7.10. The van der Waals surface area contributed by atoms with Crippen molar-refractivity contribution in [3.05, 3.63) is 52.0 Å². The third kappa shape index (κ3) is 3.38. The van der Waals surface area contributed by atoms with Crippen molar-refractivity contribution in [1.29, 1.82) is 0 Å². The molecule has 0 spiro atoms. The summed E-state index contributed by atoms with van der Waals surface area (Å²) >= 11 is 1.22. The van der Waals surface area contributed by atoms with Crippen LogP contribution in [0.4, 0.5) is 4.39 Å². The van der Waals surface area contributed by atoms with E-state index in [9.17, 15) is 19.1 Å². The molecule has 7 heteroatoms. The Morgan fingerprint density at radius 3 is 2.67 bits per heavy atom. The molecule has 1 aromatic heterocycles. The number of rotatable bonds is 5. The number of carboxylic acids is 1. The molecule has 0 bridgehead atoms. The first-order valence-electron chi connectivity index (χ1n) is 5.93. The van der Waals surface area contributed by atoms with E-state index in [1.54, 1.807) is 17.5 Å². The maximum Gasteiger partial charge on any atom is 0.331 e. The molecule has 0 radical (unpaired) electrons. The molecule has 1 atom stereocenters. The highest BCUT2D eigenvalue weighted by Crippen LogP contribution is 2.21. The predicted molar refractivity (Wildman–Crippen MR) is 75.1 cm³/mol. The average Bonchev–Trinajstić information content (AvgIpc) is 2.97. The van der Waals surface area contributed by atoms with E-state index in [1.165, 1.54) is 30.6 Å². The minimum atomic E-state index is -1.18. The van der Waals surface area contributed by atoms with Crippen LogP contribution < -0.4 is 10.1 Å². The van der Waals surface area contributed by atoms with E-state index in [0.717, 1.165) is 6.07 Å². The van der Waals surface area contributed by atoms with E-state index in [0.29, 0.717) is 4.88 Å². The van der Waals surface area contributed by atoms with Gasteiger partial charge in [-0.25, -0.2) is 9.18 Å². The lowest BCUT2D eigenvalue weighted by molar-refractivity contribution is -0.139. The predicted octanol–water partition coefficient (Wildman–Crippen LogP) is 2.45. The Labute approximate surface area is 124 Å². The molecule has 5 nitrogen and oxygen atoms in total. The summed E-state index contributed by atoms with van der Waals surface area (Å²) in [6, 6.07) is 5.81. The number of benzene rings is 1. The van der Waals surface area contributed by atoms with Gasteiger partial charge < -0.3 is 15.2 Å². The summed E-state index contributed by atoms with van der Waals surface area (Å²) < 4.78 is 18.3. The number of thiophene rings is 1. The van der Waals surface area contributed by atoms with Gasteiger partial charge in [0.25, 0.3) is 5.91 Å². The van der Waals surface area contributed by atoms with Crippen molar-refractivity contribution >= 4 is 23.2 Å². The summed E-state index contributed by atoms with van der Waals surface area (Å²) in [6.07, 6.45) is 0. The Morgan fingerprint density at radius 2 is 2.14 bits per heavy atom. The van der Waals surface area contributed by atoms with E-state index >= 15 is 0 Å². The SMILES string of the molecule is COc1ccc(C(=O)NC(C(=O)O)c2cccs2)cc1F. The molecular formula is C14H12FNO4S. The molecule has 1 aromatic carbocycles. The number of hydrogen-bond acceptors (Lipinski definition) is 4. The molecule has 2 aromatic rings. The molecule has 21 heavy (non-hydrogen) atoms. The molecule has 2 rings (SSSR count). The van der Waals surface area contributed by atoms with Crippen molar-refractivity contribution < 1.29 is 23.8 Å². The van der Waals surface area contributed by atoms with Crippen LogP contribution in [-0.4, -0.2) is 24.1 Å². The normalized spacial score (nSPS) is 11.7. The van der Waals surface area contributed by atoms with Crippen molar-refractivity contribution in [2.24, 2.45) is 0 Å². The summed E-state index contributed by atoms with van der Waals surface area (Å²) in [5, 5.41) is 13.3. The lowest BCUT2D eigenvalue weighted by atomic mass is 10.1. The maximum absolute atomic E-state index is 13.6. The second-order valence-electron chi connectivity index (χ2n) is 4.11. The van der Waals surface area contributed by atoms with E-state index in [-0.39, 0.29) is 11.3 Å².